The van der Waals surface area contributed by atoms with E-state index < -0.39 is 28.0 Å². The Morgan fingerprint density at radius 3 is 1.54 bits per heavy atom. The summed E-state index contributed by atoms with van der Waals surface area (Å²) in [4.78, 5) is 12.4. The largest absolute Gasteiger partial charge is 0.387 e. The van der Waals surface area contributed by atoms with Crippen LogP contribution in [0.4, 0.5) is 0 Å². The Kier molecular flexibility index (Phi) is 32.2. The van der Waals surface area contributed by atoms with Gasteiger partial charge in [0.15, 0.2) is 0 Å². The molecule has 0 aromatic carbocycles. The summed E-state index contributed by atoms with van der Waals surface area (Å²) >= 11 is 0. The van der Waals surface area contributed by atoms with Crippen LogP contribution < -0.4 is 5.32 Å². The molecule has 2 unspecified atom stereocenters. The zero-order valence-corrected chi connectivity index (χ0v) is 30.9. The third-order valence-corrected chi connectivity index (χ3v) is 8.29. The van der Waals surface area contributed by atoms with Crippen LogP contribution in [-0.2, 0) is 14.9 Å². The van der Waals surface area contributed by atoms with Crippen molar-refractivity contribution >= 4 is 16.0 Å². The van der Waals surface area contributed by atoms with Crippen molar-refractivity contribution in [2.75, 3.05) is 5.75 Å². The van der Waals surface area contributed by atoms with E-state index in [9.17, 15) is 22.9 Å². The molecular formula is C41H67NO5S. The second-order valence-electron chi connectivity index (χ2n) is 12.1. The highest BCUT2D eigenvalue weighted by molar-refractivity contribution is 7.85. The highest BCUT2D eigenvalue weighted by Crippen LogP contribution is 2.10. The van der Waals surface area contributed by atoms with Crippen LogP contribution in [0.5, 0.6) is 0 Å². The Balaban J connectivity index is 4.21. The van der Waals surface area contributed by atoms with Gasteiger partial charge in [0, 0.05) is 6.42 Å². The fourth-order valence-corrected chi connectivity index (χ4v) is 5.51. The van der Waals surface area contributed by atoms with E-state index in [1.165, 1.54) is 57.4 Å². The normalized spacial score (nSPS) is 14.5. The van der Waals surface area contributed by atoms with Crippen LogP contribution in [0.15, 0.2) is 97.2 Å². The van der Waals surface area contributed by atoms with Gasteiger partial charge in [0.1, 0.15) is 0 Å². The molecular weight excluding hydrogens is 619 g/mol. The number of aliphatic hydroxyl groups is 1. The fraction of sp³-hybridized carbons (Fsp3) is 0.585. The molecule has 0 radical (unpaired) electrons. The lowest BCUT2D eigenvalue weighted by molar-refractivity contribution is -0.122. The van der Waals surface area contributed by atoms with Gasteiger partial charge in [-0.15, -0.1) is 0 Å². The summed E-state index contributed by atoms with van der Waals surface area (Å²) in [6, 6.07) is -1.12. The van der Waals surface area contributed by atoms with Crippen LogP contribution in [0.3, 0.4) is 0 Å². The molecule has 0 bridgehead atoms. The van der Waals surface area contributed by atoms with Crippen molar-refractivity contribution in [1.29, 1.82) is 0 Å². The molecule has 3 N–H and O–H groups in total. The first kappa shape index (κ1) is 45.3. The predicted molar refractivity (Wildman–Crippen MR) is 207 cm³/mol. The number of hydrogen-bond donors (Lipinski definition) is 3. The van der Waals surface area contributed by atoms with E-state index >= 15 is 0 Å². The first-order chi connectivity index (χ1) is 23.3. The SMILES string of the molecule is CC/C=C\C/C=C\C/C=C\C/C=C\C/C=C\C/C=C\CCC(=O)NC(CS(=O)(=O)O)C(O)/C=C/CC/C=C/CCCCCCCCCC. The number of nitrogens with one attached hydrogen (secondary N) is 1. The first-order valence-corrected chi connectivity index (χ1v) is 20.0. The molecule has 0 aliphatic carbocycles. The summed E-state index contributed by atoms with van der Waals surface area (Å²) in [6.45, 7) is 4.38. The van der Waals surface area contributed by atoms with Crippen molar-refractivity contribution in [3.8, 4) is 0 Å². The minimum atomic E-state index is -4.38. The molecule has 2 atom stereocenters. The van der Waals surface area contributed by atoms with Crippen molar-refractivity contribution in [2.45, 2.75) is 148 Å². The van der Waals surface area contributed by atoms with E-state index in [0.717, 1.165) is 51.4 Å². The second-order valence-corrected chi connectivity index (χ2v) is 13.6. The summed E-state index contributed by atoms with van der Waals surface area (Å²) in [6.07, 6.45) is 51.1. The van der Waals surface area contributed by atoms with E-state index in [1.807, 2.05) is 12.2 Å². The number of carbonyl (C=O) groups is 1. The summed E-state index contributed by atoms with van der Waals surface area (Å²) in [5, 5.41) is 13.1. The Morgan fingerprint density at radius 2 is 1.02 bits per heavy atom. The Hall–Kier alpha value is -2.74. The number of amides is 1. The van der Waals surface area contributed by atoms with E-state index in [4.69, 9.17) is 0 Å². The van der Waals surface area contributed by atoms with E-state index in [0.29, 0.717) is 12.8 Å². The second kappa shape index (κ2) is 34.1. The van der Waals surface area contributed by atoms with Gasteiger partial charge in [0.25, 0.3) is 10.1 Å². The molecule has 0 fully saturated rings. The Morgan fingerprint density at radius 1 is 0.583 bits per heavy atom. The topological polar surface area (TPSA) is 104 Å². The average Bonchev–Trinajstić information content (AvgIpc) is 3.05. The fourth-order valence-electron chi connectivity index (χ4n) is 4.78. The molecule has 0 saturated heterocycles. The quantitative estimate of drug-likeness (QED) is 0.0383. The molecule has 0 spiro atoms. The molecule has 0 heterocycles. The maximum absolute atomic E-state index is 12.4. The molecule has 272 valence electrons. The van der Waals surface area contributed by atoms with Gasteiger partial charge < -0.3 is 10.4 Å². The monoisotopic (exact) mass is 685 g/mol. The zero-order valence-electron chi connectivity index (χ0n) is 30.1. The number of aliphatic hydroxyl groups excluding tert-OH is 1. The van der Waals surface area contributed by atoms with Crippen molar-refractivity contribution in [2.24, 2.45) is 0 Å². The molecule has 0 aliphatic heterocycles. The first-order valence-electron chi connectivity index (χ1n) is 18.4. The van der Waals surface area contributed by atoms with E-state index in [1.54, 1.807) is 6.08 Å². The number of rotatable bonds is 31. The van der Waals surface area contributed by atoms with Crippen molar-refractivity contribution in [3.05, 3.63) is 97.2 Å². The lowest BCUT2D eigenvalue weighted by Gasteiger charge is -2.20. The van der Waals surface area contributed by atoms with Gasteiger partial charge in [-0.1, -0.05) is 156 Å². The summed E-state index contributed by atoms with van der Waals surface area (Å²) in [5.74, 6) is -1.12. The molecule has 6 nitrogen and oxygen atoms in total. The molecule has 7 heteroatoms. The molecule has 0 aromatic rings. The maximum Gasteiger partial charge on any atom is 0.267 e. The van der Waals surface area contributed by atoms with Crippen LogP contribution in [0.1, 0.15) is 136 Å². The number of carbonyl (C=O) groups excluding carboxylic acids is 1. The summed E-state index contributed by atoms with van der Waals surface area (Å²) in [7, 11) is -4.38. The Labute approximate surface area is 294 Å². The van der Waals surface area contributed by atoms with Crippen LogP contribution >= 0.6 is 0 Å². The summed E-state index contributed by atoms with van der Waals surface area (Å²) in [5.41, 5.74) is 0. The van der Waals surface area contributed by atoms with Gasteiger partial charge in [0.05, 0.1) is 17.9 Å². The van der Waals surface area contributed by atoms with E-state index in [-0.39, 0.29) is 12.3 Å². The number of allylic oxidation sites excluding steroid dienone is 15. The van der Waals surface area contributed by atoms with Gasteiger partial charge in [-0.2, -0.15) is 8.42 Å². The van der Waals surface area contributed by atoms with Crippen molar-refractivity contribution < 1.29 is 22.9 Å². The molecule has 0 aromatic heterocycles. The van der Waals surface area contributed by atoms with Gasteiger partial charge in [0.2, 0.25) is 5.91 Å². The van der Waals surface area contributed by atoms with Crippen LogP contribution in [-0.4, -0.2) is 41.9 Å². The van der Waals surface area contributed by atoms with Crippen LogP contribution in [0.25, 0.3) is 0 Å². The number of hydrogen-bond acceptors (Lipinski definition) is 4. The highest BCUT2D eigenvalue weighted by Gasteiger charge is 2.24. The van der Waals surface area contributed by atoms with Crippen LogP contribution in [0, 0.1) is 0 Å². The highest BCUT2D eigenvalue weighted by atomic mass is 32.2. The minimum absolute atomic E-state index is 0.157. The zero-order chi connectivity index (χ0) is 35.4. The standard InChI is InChI=1S/C41H67NO5S/c1-3-5-7-9-11-13-15-17-19-20-21-22-23-25-27-29-31-33-35-37-41(44)42-39(38-48(45,46)47)40(43)36-34-32-30-28-26-24-18-16-14-12-10-8-6-4-2/h5,7,11,13,17,19,21-22,25-28,31,33-34,36,39-40,43H,3-4,6,8-10,12,14-16,18,20,23-24,29-30,32,35,37-38H2,1-2H3,(H,42,44)(H,45,46,47)/b7-5-,13-11-,19-17-,22-21-,27-25-,28-26+,33-31-,36-34+. The van der Waals surface area contributed by atoms with Crippen molar-refractivity contribution in [1.82, 2.24) is 5.32 Å². The smallest absolute Gasteiger partial charge is 0.267 e. The van der Waals surface area contributed by atoms with Crippen molar-refractivity contribution in [3.63, 3.8) is 0 Å². The van der Waals surface area contributed by atoms with Crippen LogP contribution in [0.2, 0.25) is 0 Å². The summed E-state index contributed by atoms with van der Waals surface area (Å²) < 4.78 is 32.3. The molecule has 0 saturated carbocycles. The molecule has 0 aliphatic rings. The van der Waals surface area contributed by atoms with Gasteiger partial charge >= 0.3 is 0 Å². The lowest BCUT2D eigenvalue weighted by atomic mass is 10.1. The maximum atomic E-state index is 12.4. The average molecular weight is 686 g/mol. The van der Waals surface area contributed by atoms with E-state index in [2.05, 4.69) is 92.1 Å². The van der Waals surface area contributed by atoms with Gasteiger partial charge in [-0.05, 0) is 70.6 Å². The third-order valence-electron chi connectivity index (χ3n) is 7.51. The van der Waals surface area contributed by atoms with Gasteiger partial charge in [-0.25, -0.2) is 0 Å². The number of unbranched alkanes of at least 4 members (excludes halogenated alkanes) is 9. The molecule has 0 rings (SSSR count). The molecule has 48 heavy (non-hydrogen) atoms. The third kappa shape index (κ3) is 34.6. The predicted octanol–water partition coefficient (Wildman–Crippen LogP) is 10.6. The lowest BCUT2D eigenvalue weighted by Crippen LogP contribution is -2.46. The van der Waals surface area contributed by atoms with Gasteiger partial charge in [-0.3, -0.25) is 9.35 Å². The molecule has 1 amide bonds. The Bertz CT molecular complexity index is 1110. The minimum Gasteiger partial charge on any atom is -0.387 e.